The summed E-state index contributed by atoms with van der Waals surface area (Å²) >= 11 is 0. The van der Waals surface area contributed by atoms with E-state index in [-0.39, 0.29) is 31.1 Å². The molecule has 0 aromatic carbocycles. The first-order valence-corrected chi connectivity index (χ1v) is 36.8. The first-order valence-electron chi connectivity index (χ1n) is 36.8. The van der Waals surface area contributed by atoms with Crippen LogP contribution in [0.3, 0.4) is 0 Å². The molecule has 0 saturated carbocycles. The van der Waals surface area contributed by atoms with Gasteiger partial charge in [-0.3, -0.25) is 14.4 Å². The molecular weight excluding hydrogens is 1020 g/mol. The van der Waals surface area contributed by atoms with Gasteiger partial charge in [0.05, 0.1) is 0 Å². The molecule has 0 fully saturated rings. The highest BCUT2D eigenvalue weighted by Gasteiger charge is 2.19. The lowest BCUT2D eigenvalue weighted by Gasteiger charge is -2.18. The predicted octanol–water partition coefficient (Wildman–Crippen LogP) is 25.5. The van der Waals surface area contributed by atoms with Crippen LogP contribution in [-0.4, -0.2) is 37.2 Å². The van der Waals surface area contributed by atoms with Gasteiger partial charge in [-0.25, -0.2) is 0 Å². The Bertz CT molecular complexity index is 1470. The fourth-order valence-corrected chi connectivity index (χ4v) is 11.1. The van der Waals surface area contributed by atoms with Gasteiger partial charge in [-0.05, 0) is 64.2 Å². The van der Waals surface area contributed by atoms with Gasteiger partial charge in [0.25, 0.3) is 0 Å². The van der Waals surface area contributed by atoms with Crippen molar-refractivity contribution in [3.8, 4) is 0 Å². The molecule has 0 aliphatic heterocycles. The van der Waals surface area contributed by atoms with Crippen molar-refractivity contribution in [2.45, 2.75) is 399 Å². The lowest BCUT2D eigenvalue weighted by atomic mass is 10.0. The van der Waals surface area contributed by atoms with Crippen molar-refractivity contribution in [3.05, 3.63) is 60.8 Å². The second-order valence-corrected chi connectivity index (χ2v) is 24.8. The van der Waals surface area contributed by atoms with Crippen LogP contribution < -0.4 is 0 Å². The normalized spacial score (nSPS) is 12.4. The summed E-state index contributed by atoms with van der Waals surface area (Å²) in [5, 5.41) is 0. The second kappa shape index (κ2) is 71.6. The van der Waals surface area contributed by atoms with E-state index in [0.717, 1.165) is 89.9 Å². The largest absolute Gasteiger partial charge is 0.462 e. The molecule has 484 valence electrons. The van der Waals surface area contributed by atoms with Crippen molar-refractivity contribution >= 4 is 17.9 Å². The lowest BCUT2D eigenvalue weighted by molar-refractivity contribution is -0.167. The molecule has 0 rings (SSSR count). The maximum atomic E-state index is 13.0. The van der Waals surface area contributed by atoms with Crippen LogP contribution in [0.2, 0.25) is 0 Å². The molecule has 0 bridgehead atoms. The Morgan fingerprint density at radius 2 is 0.470 bits per heavy atom. The minimum Gasteiger partial charge on any atom is -0.462 e. The molecule has 1 atom stereocenters. The van der Waals surface area contributed by atoms with E-state index in [1.54, 1.807) is 0 Å². The van der Waals surface area contributed by atoms with E-state index in [0.29, 0.717) is 19.3 Å². The summed E-state index contributed by atoms with van der Waals surface area (Å²) in [5.41, 5.74) is 0. The summed E-state index contributed by atoms with van der Waals surface area (Å²) in [5.74, 6) is -0.843. The van der Waals surface area contributed by atoms with Crippen molar-refractivity contribution in [1.29, 1.82) is 0 Å². The number of allylic oxidation sites excluding steroid dienone is 10. The third kappa shape index (κ3) is 69.8. The Morgan fingerprint density at radius 1 is 0.253 bits per heavy atom. The number of esters is 3. The Morgan fingerprint density at radius 3 is 0.735 bits per heavy atom. The molecule has 0 heterocycles. The summed E-state index contributed by atoms with van der Waals surface area (Å²) in [7, 11) is 0. The third-order valence-corrected chi connectivity index (χ3v) is 16.5. The van der Waals surface area contributed by atoms with Crippen LogP contribution in [0, 0.1) is 0 Å². The minimum absolute atomic E-state index is 0.0686. The van der Waals surface area contributed by atoms with Crippen LogP contribution in [0.15, 0.2) is 60.8 Å². The molecular formula is C77H140O6. The maximum absolute atomic E-state index is 13.0. The zero-order chi connectivity index (χ0) is 59.9. The van der Waals surface area contributed by atoms with E-state index in [2.05, 4.69) is 81.5 Å². The van der Waals surface area contributed by atoms with Gasteiger partial charge in [0.15, 0.2) is 6.10 Å². The Hall–Kier alpha value is -2.89. The van der Waals surface area contributed by atoms with Crippen molar-refractivity contribution in [3.63, 3.8) is 0 Å². The van der Waals surface area contributed by atoms with E-state index in [9.17, 15) is 14.4 Å². The smallest absolute Gasteiger partial charge is 0.306 e. The van der Waals surface area contributed by atoms with E-state index in [4.69, 9.17) is 14.2 Å². The fourth-order valence-electron chi connectivity index (χ4n) is 11.1. The highest BCUT2D eigenvalue weighted by atomic mass is 16.6. The fraction of sp³-hybridized carbons (Fsp3) is 0.831. The standard InChI is InChI=1S/C77H140O6/c1-4-7-10-13-16-19-22-25-27-29-31-33-35-37-38-40-41-43-45-47-49-52-55-58-61-64-67-70-76(79)82-73-74(72-81-75(78)69-66-63-60-57-54-51-24-21-18-15-12-9-6-3)83-77(80)71-68-65-62-59-56-53-50-48-46-44-42-39-36-34-32-30-28-26-23-20-17-14-11-8-5-2/h7,10,16,19,25,27,31,33,37-38,74H,4-6,8-9,11-15,17-18,20-24,26,28-30,32,34-36,39-73H2,1-3H3/b10-7-,19-16-,27-25-,33-31-,38-37-. The third-order valence-electron chi connectivity index (χ3n) is 16.5. The number of ether oxygens (including phenoxy) is 3. The summed E-state index contributed by atoms with van der Waals surface area (Å²) in [6.07, 6.45) is 92.6. The van der Waals surface area contributed by atoms with Gasteiger partial charge in [0.2, 0.25) is 0 Å². The lowest BCUT2D eigenvalue weighted by Crippen LogP contribution is -2.30. The van der Waals surface area contributed by atoms with Crippen molar-refractivity contribution in [2.75, 3.05) is 13.2 Å². The number of hydrogen-bond donors (Lipinski definition) is 0. The molecule has 0 aliphatic rings. The molecule has 6 nitrogen and oxygen atoms in total. The summed E-state index contributed by atoms with van der Waals surface area (Å²) in [6, 6.07) is 0. The molecule has 0 radical (unpaired) electrons. The van der Waals surface area contributed by atoms with Gasteiger partial charge < -0.3 is 14.2 Å². The van der Waals surface area contributed by atoms with Gasteiger partial charge in [-0.15, -0.1) is 0 Å². The zero-order valence-corrected chi connectivity index (χ0v) is 55.7. The van der Waals surface area contributed by atoms with Crippen LogP contribution in [-0.2, 0) is 28.6 Å². The molecule has 1 unspecified atom stereocenters. The zero-order valence-electron chi connectivity index (χ0n) is 55.7. The number of unbranched alkanes of at least 4 members (excludes halogenated alkanes) is 47. The van der Waals surface area contributed by atoms with Crippen molar-refractivity contribution in [2.24, 2.45) is 0 Å². The first kappa shape index (κ1) is 80.1. The number of carbonyl (C=O) groups is 3. The van der Waals surface area contributed by atoms with Gasteiger partial charge in [0.1, 0.15) is 13.2 Å². The molecule has 0 aromatic rings. The highest BCUT2D eigenvalue weighted by Crippen LogP contribution is 2.19. The summed E-state index contributed by atoms with van der Waals surface area (Å²) < 4.78 is 17.0. The quantitative estimate of drug-likeness (QED) is 0.0261. The summed E-state index contributed by atoms with van der Waals surface area (Å²) in [6.45, 7) is 6.60. The van der Waals surface area contributed by atoms with Gasteiger partial charge in [-0.1, -0.05) is 370 Å². The average Bonchev–Trinajstić information content (AvgIpc) is 3.49. The highest BCUT2D eigenvalue weighted by molar-refractivity contribution is 5.71. The molecule has 0 N–H and O–H groups in total. The van der Waals surface area contributed by atoms with E-state index in [1.807, 2.05) is 0 Å². The van der Waals surface area contributed by atoms with Crippen LogP contribution in [0.1, 0.15) is 393 Å². The summed E-state index contributed by atoms with van der Waals surface area (Å²) in [4.78, 5) is 38.5. The molecule has 0 spiro atoms. The maximum Gasteiger partial charge on any atom is 0.306 e. The molecule has 0 aromatic heterocycles. The molecule has 0 aliphatic carbocycles. The topological polar surface area (TPSA) is 78.9 Å². The molecule has 0 amide bonds. The van der Waals surface area contributed by atoms with E-state index in [1.165, 1.54) is 263 Å². The van der Waals surface area contributed by atoms with E-state index < -0.39 is 6.10 Å². The SMILES string of the molecule is CC/C=C\C/C=C\C/C=C\C/C=C\C/C=C\CCCCCCCCCCCCCC(=O)OCC(COC(=O)CCCCCCCCCCCCCCC)OC(=O)CCCCCCCCCCCCCCCCCCCCCCCCCCC. The monoisotopic (exact) mass is 1160 g/mol. The number of carbonyl (C=O) groups excluding carboxylic acids is 3. The Kier molecular flexibility index (Phi) is 69.1. The minimum atomic E-state index is -0.773. The molecule has 6 heteroatoms. The van der Waals surface area contributed by atoms with Gasteiger partial charge >= 0.3 is 17.9 Å². The first-order chi connectivity index (χ1) is 41.0. The average molecular weight is 1160 g/mol. The second-order valence-electron chi connectivity index (χ2n) is 24.8. The van der Waals surface area contributed by atoms with Crippen LogP contribution in [0.25, 0.3) is 0 Å². The van der Waals surface area contributed by atoms with E-state index >= 15 is 0 Å². The van der Waals surface area contributed by atoms with Gasteiger partial charge in [0, 0.05) is 19.3 Å². The van der Waals surface area contributed by atoms with Crippen LogP contribution in [0.4, 0.5) is 0 Å². The van der Waals surface area contributed by atoms with Crippen molar-refractivity contribution in [1.82, 2.24) is 0 Å². The number of rotatable bonds is 68. The molecule has 0 saturated heterocycles. The van der Waals surface area contributed by atoms with Crippen LogP contribution >= 0.6 is 0 Å². The van der Waals surface area contributed by atoms with Crippen LogP contribution in [0.5, 0.6) is 0 Å². The molecule has 83 heavy (non-hydrogen) atoms. The predicted molar refractivity (Wildman–Crippen MR) is 362 cm³/mol. The Labute approximate surface area is 517 Å². The number of hydrogen-bond acceptors (Lipinski definition) is 6. The van der Waals surface area contributed by atoms with Gasteiger partial charge in [-0.2, -0.15) is 0 Å². The Balaban J connectivity index is 4.23. The van der Waals surface area contributed by atoms with Crippen molar-refractivity contribution < 1.29 is 28.6 Å².